The largest absolute Gasteiger partial charge is 0.481 e. The minimum absolute atomic E-state index is 0.133. The first-order valence-corrected chi connectivity index (χ1v) is 13.3. The second-order valence-corrected chi connectivity index (χ2v) is 10.3. The number of hydrogen-bond acceptors (Lipinski definition) is 4. The van der Waals surface area contributed by atoms with Gasteiger partial charge < -0.3 is 15.4 Å². The summed E-state index contributed by atoms with van der Waals surface area (Å²) in [7, 11) is 0. The molecule has 1 atom stereocenters. The first-order chi connectivity index (χ1) is 17.0. The van der Waals surface area contributed by atoms with Gasteiger partial charge in [0.1, 0.15) is 10.8 Å². The third-order valence-corrected chi connectivity index (χ3v) is 7.81. The molecule has 0 fully saturated rings. The van der Waals surface area contributed by atoms with Gasteiger partial charge in [0.05, 0.1) is 5.56 Å². The second kappa shape index (κ2) is 11.5. The van der Waals surface area contributed by atoms with Crippen molar-refractivity contribution in [2.24, 2.45) is 0 Å². The molecule has 0 radical (unpaired) electrons. The average molecular weight is 491 g/mol. The molecule has 0 unspecified atom stereocenters. The molecule has 3 aromatic rings. The summed E-state index contributed by atoms with van der Waals surface area (Å²) in [6.45, 7) is 6.46. The molecule has 0 saturated carbocycles. The van der Waals surface area contributed by atoms with E-state index in [4.69, 9.17) is 4.74 Å². The van der Waals surface area contributed by atoms with Crippen LogP contribution >= 0.6 is 11.3 Å². The third-order valence-electron chi connectivity index (χ3n) is 6.60. The van der Waals surface area contributed by atoms with Crippen LogP contribution < -0.4 is 15.4 Å². The fourth-order valence-corrected chi connectivity index (χ4v) is 5.69. The van der Waals surface area contributed by atoms with Crippen molar-refractivity contribution >= 4 is 28.2 Å². The van der Waals surface area contributed by atoms with Gasteiger partial charge in [-0.05, 0) is 80.3 Å². The molecular formula is C29H34N2O3S. The van der Waals surface area contributed by atoms with E-state index in [-0.39, 0.29) is 11.8 Å². The Kier molecular flexibility index (Phi) is 8.24. The van der Waals surface area contributed by atoms with Crippen LogP contribution in [0.4, 0.5) is 5.00 Å². The summed E-state index contributed by atoms with van der Waals surface area (Å²) in [6, 6.07) is 15.7. The minimum atomic E-state index is -0.640. The number of rotatable bonds is 8. The lowest BCUT2D eigenvalue weighted by atomic mass is 10.0. The van der Waals surface area contributed by atoms with Crippen LogP contribution in [0.2, 0.25) is 0 Å². The molecule has 2 amide bonds. The van der Waals surface area contributed by atoms with Gasteiger partial charge in [0.15, 0.2) is 6.10 Å². The number of thiophene rings is 1. The van der Waals surface area contributed by atoms with Crippen molar-refractivity contribution in [3.63, 3.8) is 0 Å². The highest BCUT2D eigenvalue weighted by Gasteiger charge is 2.28. The number of ether oxygens (including phenoxy) is 1. The predicted molar refractivity (Wildman–Crippen MR) is 142 cm³/mol. The average Bonchev–Trinajstić information content (AvgIpc) is 3.03. The van der Waals surface area contributed by atoms with Crippen LogP contribution in [0.5, 0.6) is 5.75 Å². The highest BCUT2D eigenvalue weighted by Crippen LogP contribution is 2.38. The number of nitrogens with one attached hydrogen (secondary N) is 2. The maximum absolute atomic E-state index is 13.4. The van der Waals surface area contributed by atoms with Crippen LogP contribution in [0.1, 0.15) is 70.1 Å². The number of anilines is 1. The minimum Gasteiger partial charge on any atom is -0.481 e. The lowest BCUT2D eigenvalue weighted by Crippen LogP contribution is -2.33. The van der Waals surface area contributed by atoms with Crippen molar-refractivity contribution in [1.82, 2.24) is 5.32 Å². The molecule has 1 aliphatic carbocycles. The fourth-order valence-electron chi connectivity index (χ4n) is 4.40. The molecule has 4 rings (SSSR count). The Balaban J connectivity index is 1.55. The predicted octanol–water partition coefficient (Wildman–Crippen LogP) is 6.36. The summed E-state index contributed by atoms with van der Waals surface area (Å²) < 4.78 is 6.05. The van der Waals surface area contributed by atoms with Crippen molar-refractivity contribution in [2.75, 3.05) is 5.32 Å². The van der Waals surface area contributed by atoms with Gasteiger partial charge in [-0.3, -0.25) is 9.59 Å². The number of carbonyl (C=O) groups excluding carboxylic acids is 2. The summed E-state index contributed by atoms with van der Waals surface area (Å²) in [4.78, 5) is 27.9. The number of amides is 2. The van der Waals surface area contributed by atoms with E-state index in [1.54, 1.807) is 11.3 Å². The lowest BCUT2D eigenvalue weighted by Gasteiger charge is -2.18. The quantitative estimate of drug-likeness (QED) is 0.361. The van der Waals surface area contributed by atoms with Crippen molar-refractivity contribution in [3.8, 4) is 5.75 Å². The van der Waals surface area contributed by atoms with Crippen LogP contribution in [0.15, 0.2) is 48.5 Å². The topological polar surface area (TPSA) is 67.4 Å². The third kappa shape index (κ3) is 6.12. The van der Waals surface area contributed by atoms with Crippen molar-refractivity contribution in [2.45, 2.75) is 71.9 Å². The zero-order valence-corrected chi connectivity index (χ0v) is 21.6. The summed E-state index contributed by atoms with van der Waals surface area (Å²) in [5.74, 6) is 0.323. The molecule has 1 heterocycles. The molecule has 184 valence electrons. The van der Waals surface area contributed by atoms with Crippen LogP contribution in [0.3, 0.4) is 0 Å². The Hall–Kier alpha value is -3.12. The summed E-state index contributed by atoms with van der Waals surface area (Å²) in [6.07, 6.45) is 5.04. The van der Waals surface area contributed by atoms with Gasteiger partial charge in [0, 0.05) is 11.4 Å². The zero-order valence-electron chi connectivity index (χ0n) is 20.8. The highest BCUT2D eigenvalue weighted by molar-refractivity contribution is 7.17. The molecule has 6 heteroatoms. The van der Waals surface area contributed by atoms with Gasteiger partial charge in [-0.2, -0.15) is 0 Å². The molecule has 35 heavy (non-hydrogen) atoms. The maximum atomic E-state index is 13.4. The SMILES string of the molecule is CC[C@@H](Oc1ccc(C)c(C)c1)C(=O)Nc1sc2c(c1C(=O)NCc1ccccc1)CCCCC2. The Bertz CT molecular complexity index is 1190. The molecular weight excluding hydrogens is 456 g/mol. The van der Waals surface area contributed by atoms with E-state index in [2.05, 4.69) is 10.6 Å². The normalized spacial score (nSPS) is 13.9. The molecule has 2 aromatic carbocycles. The van der Waals surface area contributed by atoms with Crippen molar-refractivity contribution in [3.05, 3.63) is 81.2 Å². The van der Waals surface area contributed by atoms with Crippen LogP contribution in [0.25, 0.3) is 0 Å². The van der Waals surface area contributed by atoms with Gasteiger partial charge in [-0.1, -0.05) is 49.7 Å². The monoisotopic (exact) mass is 490 g/mol. The smallest absolute Gasteiger partial charge is 0.266 e. The molecule has 0 saturated heterocycles. The van der Waals surface area contributed by atoms with E-state index in [1.807, 2.05) is 69.3 Å². The van der Waals surface area contributed by atoms with E-state index < -0.39 is 6.10 Å². The number of hydrogen-bond donors (Lipinski definition) is 2. The first-order valence-electron chi connectivity index (χ1n) is 12.5. The Morgan fingerprint density at radius 2 is 1.77 bits per heavy atom. The Labute approximate surface area is 211 Å². The number of fused-ring (bicyclic) bond motifs is 1. The van der Waals surface area contributed by atoms with E-state index in [1.165, 1.54) is 10.4 Å². The van der Waals surface area contributed by atoms with Crippen LogP contribution in [-0.4, -0.2) is 17.9 Å². The summed E-state index contributed by atoms with van der Waals surface area (Å²) >= 11 is 1.54. The van der Waals surface area contributed by atoms with Gasteiger partial charge in [-0.25, -0.2) is 0 Å². The van der Waals surface area contributed by atoms with E-state index in [0.29, 0.717) is 29.3 Å². The molecule has 0 bridgehead atoms. The molecule has 5 nitrogen and oxygen atoms in total. The van der Waals surface area contributed by atoms with E-state index in [0.717, 1.165) is 48.8 Å². The Morgan fingerprint density at radius 1 is 1.00 bits per heavy atom. The summed E-state index contributed by atoms with van der Waals surface area (Å²) in [5.41, 5.74) is 5.06. The lowest BCUT2D eigenvalue weighted by molar-refractivity contribution is -0.122. The van der Waals surface area contributed by atoms with Crippen molar-refractivity contribution in [1.29, 1.82) is 0 Å². The highest BCUT2D eigenvalue weighted by atomic mass is 32.1. The Morgan fingerprint density at radius 3 is 2.51 bits per heavy atom. The number of aryl methyl sites for hydroxylation is 3. The van der Waals surface area contributed by atoms with Gasteiger partial charge in [0.2, 0.25) is 0 Å². The molecule has 2 N–H and O–H groups in total. The van der Waals surface area contributed by atoms with Gasteiger partial charge >= 0.3 is 0 Å². The number of benzene rings is 2. The molecule has 1 aliphatic rings. The van der Waals surface area contributed by atoms with Gasteiger partial charge in [-0.15, -0.1) is 11.3 Å². The van der Waals surface area contributed by atoms with Crippen molar-refractivity contribution < 1.29 is 14.3 Å². The van der Waals surface area contributed by atoms with Crippen LogP contribution in [-0.2, 0) is 24.2 Å². The molecule has 1 aromatic heterocycles. The standard InChI is InChI=1S/C29H34N2O3S/c1-4-24(34-22-16-15-19(2)20(3)17-22)27(32)31-29-26(23-13-9-6-10-14-25(23)35-29)28(33)30-18-21-11-7-5-8-12-21/h5,7-8,11-12,15-17,24H,4,6,9-10,13-14,18H2,1-3H3,(H,30,33)(H,31,32)/t24-/m1/s1. The van der Waals surface area contributed by atoms with Gasteiger partial charge in [0.25, 0.3) is 11.8 Å². The number of carbonyl (C=O) groups is 2. The summed E-state index contributed by atoms with van der Waals surface area (Å²) in [5, 5.41) is 6.76. The van der Waals surface area contributed by atoms with Crippen LogP contribution in [0, 0.1) is 13.8 Å². The van der Waals surface area contributed by atoms with E-state index in [9.17, 15) is 9.59 Å². The fraction of sp³-hybridized carbons (Fsp3) is 0.379. The molecule has 0 aliphatic heterocycles. The maximum Gasteiger partial charge on any atom is 0.266 e. The zero-order chi connectivity index (χ0) is 24.8. The molecule has 0 spiro atoms. The second-order valence-electron chi connectivity index (χ2n) is 9.19. The first kappa shape index (κ1) is 25.0. The van der Waals surface area contributed by atoms with E-state index >= 15 is 0 Å².